The topological polar surface area (TPSA) is 29.1 Å². The zero-order chi connectivity index (χ0) is 18.2. The maximum atomic E-state index is 13.7. The first-order valence-corrected chi connectivity index (χ1v) is 9.60. The smallest absolute Gasteiger partial charge is 0.230 e. The van der Waals surface area contributed by atoms with Crippen molar-refractivity contribution in [3.05, 3.63) is 107 Å². The minimum absolute atomic E-state index is 0.0657. The SMILES string of the molecule is O=C(CSCc1ccccc1F)NC(c1ccccc1)c1ccccc1. The van der Waals surface area contributed by atoms with Crippen molar-refractivity contribution in [3.63, 3.8) is 0 Å². The molecule has 0 saturated carbocycles. The molecule has 0 fully saturated rings. The Morgan fingerprint density at radius 3 is 1.96 bits per heavy atom. The Bertz CT molecular complexity index is 800. The van der Waals surface area contributed by atoms with Gasteiger partial charge in [-0.1, -0.05) is 78.9 Å². The number of carbonyl (C=O) groups excluding carboxylic acids is 1. The summed E-state index contributed by atoms with van der Waals surface area (Å²) in [5.74, 6) is 0.460. The van der Waals surface area contributed by atoms with E-state index >= 15 is 0 Å². The summed E-state index contributed by atoms with van der Waals surface area (Å²) in [4.78, 5) is 12.4. The van der Waals surface area contributed by atoms with Gasteiger partial charge in [0.25, 0.3) is 0 Å². The molecule has 0 spiro atoms. The second-order valence-corrected chi connectivity index (χ2v) is 6.89. The molecule has 132 valence electrons. The summed E-state index contributed by atoms with van der Waals surface area (Å²) in [5.41, 5.74) is 2.69. The highest BCUT2D eigenvalue weighted by molar-refractivity contribution is 7.99. The molecule has 26 heavy (non-hydrogen) atoms. The van der Waals surface area contributed by atoms with Crippen molar-refractivity contribution in [1.82, 2.24) is 5.32 Å². The second kappa shape index (κ2) is 9.20. The predicted molar refractivity (Wildman–Crippen MR) is 105 cm³/mol. The Morgan fingerprint density at radius 2 is 1.38 bits per heavy atom. The number of thioether (sulfide) groups is 1. The number of amides is 1. The van der Waals surface area contributed by atoms with Crippen LogP contribution in [0.1, 0.15) is 22.7 Å². The van der Waals surface area contributed by atoms with Crippen molar-refractivity contribution in [1.29, 1.82) is 0 Å². The lowest BCUT2D eigenvalue weighted by Gasteiger charge is -2.20. The van der Waals surface area contributed by atoms with Crippen LogP contribution >= 0.6 is 11.8 Å². The summed E-state index contributed by atoms with van der Waals surface area (Å²) in [7, 11) is 0. The third-order valence-electron chi connectivity index (χ3n) is 4.02. The number of carbonyl (C=O) groups is 1. The first-order chi connectivity index (χ1) is 12.7. The van der Waals surface area contributed by atoms with Crippen LogP contribution < -0.4 is 5.32 Å². The molecular weight excluding hydrogens is 345 g/mol. The molecule has 1 N–H and O–H groups in total. The fourth-order valence-corrected chi connectivity index (χ4v) is 3.55. The van der Waals surface area contributed by atoms with E-state index in [9.17, 15) is 9.18 Å². The van der Waals surface area contributed by atoms with Gasteiger partial charge in [0.1, 0.15) is 5.82 Å². The molecule has 3 aromatic rings. The molecule has 0 heterocycles. The van der Waals surface area contributed by atoms with Gasteiger partial charge in [-0.3, -0.25) is 4.79 Å². The van der Waals surface area contributed by atoms with Gasteiger partial charge in [-0.05, 0) is 22.8 Å². The van der Waals surface area contributed by atoms with Crippen molar-refractivity contribution >= 4 is 17.7 Å². The van der Waals surface area contributed by atoms with E-state index in [0.717, 1.165) is 11.1 Å². The van der Waals surface area contributed by atoms with Crippen LogP contribution in [-0.4, -0.2) is 11.7 Å². The van der Waals surface area contributed by atoms with E-state index in [1.165, 1.54) is 17.8 Å². The zero-order valence-electron chi connectivity index (χ0n) is 14.3. The van der Waals surface area contributed by atoms with E-state index in [2.05, 4.69) is 5.32 Å². The minimum Gasteiger partial charge on any atom is -0.344 e. The average Bonchev–Trinajstić information content (AvgIpc) is 2.69. The molecule has 0 bridgehead atoms. The molecule has 0 aliphatic heterocycles. The van der Waals surface area contributed by atoms with E-state index in [1.54, 1.807) is 18.2 Å². The Hall–Kier alpha value is -2.59. The number of halogens is 1. The van der Waals surface area contributed by atoms with Crippen molar-refractivity contribution in [3.8, 4) is 0 Å². The number of benzene rings is 3. The Balaban J connectivity index is 1.63. The molecule has 0 atom stereocenters. The highest BCUT2D eigenvalue weighted by Crippen LogP contribution is 2.22. The van der Waals surface area contributed by atoms with Crippen LogP contribution in [0.5, 0.6) is 0 Å². The van der Waals surface area contributed by atoms with E-state index in [-0.39, 0.29) is 23.5 Å². The lowest BCUT2D eigenvalue weighted by molar-refractivity contribution is -0.119. The third-order valence-corrected chi connectivity index (χ3v) is 5.00. The maximum Gasteiger partial charge on any atom is 0.230 e. The van der Waals surface area contributed by atoms with Gasteiger partial charge >= 0.3 is 0 Å². The van der Waals surface area contributed by atoms with Crippen molar-refractivity contribution in [2.45, 2.75) is 11.8 Å². The Labute approximate surface area is 157 Å². The lowest BCUT2D eigenvalue weighted by atomic mass is 9.99. The summed E-state index contributed by atoms with van der Waals surface area (Å²) in [5, 5.41) is 3.10. The van der Waals surface area contributed by atoms with Gasteiger partial charge in [0.15, 0.2) is 0 Å². The van der Waals surface area contributed by atoms with E-state index < -0.39 is 0 Å². The lowest BCUT2D eigenvalue weighted by Crippen LogP contribution is -2.30. The molecule has 0 aliphatic rings. The number of nitrogens with one attached hydrogen (secondary N) is 1. The van der Waals surface area contributed by atoms with Gasteiger partial charge in [-0.2, -0.15) is 0 Å². The summed E-state index contributed by atoms with van der Waals surface area (Å²) in [6, 6.07) is 26.2. The first kappa shape index (κ1) is 18.2. The van der Waals surface area contributed by atoms with Crippen LogP contribution in [0.4, 0.5) is 4.39 Å². The van der Waals surface area contributed by atoms with Crippen LogP contribution in [0, 0.1) is 5.82 Å². The summed E-state index contributed by atoms with van der Waals surface area (Å²) < 4.78 is 13.7. The van der Waals surface area contributed by atoms with E-state index in [1.807, 2.05) is 60.7 Å². The van der Waals surface area contributed by atoms with Gasteiger partial charge in [0, 0.05) is 5.75 Å². The standard InChI is InChI=1S/C22H20FNOS/c23-20-14-8-7-13-19(20)15-26-16-21(25)24-22(17-9-3-1-4-10-17)18-11-5-2-6-12-18/h1-14,22H,15-16H2,(H,24,25). The molecule has 3 rings (SSSR count). The zero-order valence-corrected chi connectivity index (χ0v) is 15.1. The van der Waals surface area contributed by atoms with Crippen molar-refractivity contribution in [2.75, 3.05) is 5.75 Å². The monoisotopic (exact) mass is 365 g/mol. The van der Waals surface area contributed by atoms with E-state index in [0.29, 0.717) is 11.3 Å². The molecule has 3 aromatic carbocycles. The molecule has 0 radical (unpaired) electrons. The molecule has 0 aromatic heterocycles. The molecule has 0 aliphatic carbocycles. The molecule has 2 nitrogen and oxygen atoms in total. The molecule has 0 saturated heterocycles. The largest absolute Gasteiger partial charge is 0.344 e. The van der Waals surface area contributed by atoms with Crippen LogP contribution in [0.3, 0.4) is 0 Å². The highest BCUT2D eigenvalue weighted by Gasteiger charge is 2.16. The predicted octanol–water partition coefficient (Wildman–Crippen LogP) is 4.96. The summed E-state index contributed by atoms with van der Waals surface area (Å²) >= 11 is 1.41. The molecule has 0 unspecified atom stereocenters. The fourth-order valence-electron chi connectivity index (χ4n) is 2.72. The number of hydrogen-bond acceptors (Lipinski definition) is 2. The summed E-state index contributed by atoms with van der Waals surface area (Å²) in [6.07, 6.45) is 0. The highest BCUT2D eigenvalue weighted by atomic mass is 32.2. The second-order valence-electron chi connectivity index (χ2n) is 5.91. The number of hydrogen-bond donors (Lipinski definition) is 1. The van der Waals surface area contributed by atoms with Gasteiger partial charge in [-0.25, -0.2) is 4.39 Å². The number of rotatable bonds is 7. The van der Waals surface area contributed by atoms with Crippen LogP contribution in [0.25, 0.3) is 0 Å². The minimum atomic E-state index is -0.230. The van der Waals surface area contributed by atoms with Gasteiger partial charge in [-0.15, -0.1) is 11.8 Å². The summed E-state index contributed by atoms with van der Waals surface area (Å²) in [6.45, 7) is 0. The molecular formula is C22H20FNOS. The van der Waals surface area contributed by atoms with Crippen molar-refractivity contribution in [2.24, 2.45) is 0 Å². The van der Waals surface area contributed by atoms with Crippen LogP contribution in [0.2, 0.25) is 0 Å². The van der Waals surface area contributed by atoms with Crippen molar-refractivity contribution < 1.29 is 9.18 Å². The molecule has 1 amide bonds. The van der Waals surface area contributed by atoms with Crippen LogP contribution in [-0.2, 0) is 10.5 Å². The normalized spacial score (nSPS) is 10.7. The maximum absolute atomic E-state index is 13.7. The average molecular weight is 365 g/mol. The van der Waals surface area contributed by atoms with Crippen LogP contribution in [0.15, 0.2) is 84.9 Å². The molecule has 4 heteroatoms. The van der Waals surface area contributed by atoms with E-state index in [4.69, 9.17) is 0 Å². The van der Waals surface area contributed by atoms with Gasteiger partial charge in [0.2, 0.25) is 5.91 Å². The Kier molecular flexibility index (Phi) is 6.45. The van der Waals surface area contributed by atoms with Gasteiger partial charge < -0.3 is 5.32 Å². The third kappa shape index (κ3) is 4.96. The first-order valence-electron chi connectivity index (χ1n) is 8.44. The Morgan fingerprint density at radius 1 is 0.846 bits per heavy atom. The fraction of sp³-hybridized carbons (Fsp3) is 0.136. The van der Waals surface area contributed by atoms with Gasteiger partial charge in [0.05, 0.1) is 11.8 Å². The quantitative estimate of drug-likeness (QED) is 0.641.